The highest BCUT2D eigenvalue weighted by Gasteiger charge is 2.23. The smallest absolute Gasteiger partial charge is 0.315 e. The number of benzene rings is 1. The molecule has 2 N–H and O–H groups in total. The summed E-state index contributed by atoms with van der Waals surface area (Å²) in [6, 6.07) is 10.4. The molecule has 0 bridgehead atoms. The number of rotatable bonds is 10. The average molecular weight is 440 g/mol. The number of carbonyl (C=O) groups is 1. The van der Waals surface area contributed by atoms with Gasteiger partial charge in [-0.2, -0.15) is 4.31 Å². The number of nitrogens with zero attached hydrogens (tertiary/aromatic N) is 1. The summed E-state index contributed by atoms with van der Waals surface area (Å²) in [5.74, 6) is 0.793. The molecule has 0 aliphatic carbocycles. The molecule has 2 aromatic rings. The van der Waals surface area contributed by atoms with Gasteiger partial charge in [-0.1, -0.05) is 26.0 Å². The Morgan fingerprint density at radius 1 is 1.10 bits per heavy atom. The molecule has 29 heavy (non-hydrogen) atoms. The highest BCUT2D eigenvalue weighted by molar-refractivity contribution is 7.91. The van der Waals surface area contributed by atoms with E-state index in [0.29, 0.717) is 23.9 Å². The molecule has 0 aliphatic rings. The van der Waals surface area contributed by atoms with Gasteiger partial charge in [-0.3, -0.25) is 0 Å². The van der Waals surface area contributed by atoms with E-state index in [2.05, 4.69) is 10.6 Å². The Morgan fingerprint density at radius 2 is 1.76 bits per heavy atom. The second-order valence-electron chi connectivity index (χ2n) is 6.36. The van der Waals surface area contributed by atoms with Crippen molar-refractivity contribution in [2.45, 2.75) is 44.5 Å². The monoisotopic (exact) mass is 439 g/mol. The predicted octanol–water partition coefficient (Wildman–Crippen LogP) is 3.74. The molecule has 1 unspecified atom stereocenters. The van der Waals surface area contributed by atoms with Crippen LogP contribution in [0, 0.1) is 0 Å². The molecule has 1 aromatic carbocycles. The van der Waals surface area contributed by atoms with Crippen LogP contribution in [0.15, 0.2) is 40.6 Å². The molecule has 2 rings (SSSR count). The molecule has 0 radical (unpaired) electrons. The van der Waals surface area contributed by atoms with E-state index in [1.54, 1.807) is 12.1 Å². The lowest BCUT2D eigenvalue weighted by Crippen LogP contribution is -2.36. The summed E-state index contributed by atoms with van der Waals surface area (Å²) in [7, 11) is -3.47. The van der Waals surface area contributed by atoms with E-state index in [1.165, 1.54) is 15.6 Å². The van der Waals surface area contributed by atoms with Gasteiger partial charge in [0.1, 0.15) is 9.96 Å². The molecule has 0 saturated heterocycles. The zero-order chi connectivity index (χ0) is 21.4. The summed E-state index contributed by atoms with van der Waals surface area (Å²) in [5, 5.41) is 5.66. The Hall–Kier alpha value is -2.10. The maximum absolute atomic E-state index is 12.5. The van der Waals surface area contributed by atoms with Crippen LogP contribution in [0.2, 0.25) is 0 Å². The van der Waals surface area contributed by atoms with E-state index in [1.807, 2.05) is 52.0 Å². The minimum Gasteiger partial charge on any atom is -0.494 e. The molecule has 7 nitrogen and oxygen atoms in total. The SMILES string of the molecule is CCOc1ccc(C(C)NC(=O)NCc2ccc(S(=O)(=O)N(CC)CC)s2)cc1. The van der Waals surface area contributed by atoms with Crippen LogP contribution < -0.4 is 15.4 Å². The van der Waals surface area contributed by atoms with Crippen LogP contribution in [0.1, 0.15) is 44.2 Å². The van der Waals surface area contributed by atoms with Crippen molar-refractivity contribution in [3.05, 3.63) is 46.8 Å². The van der Waals surface area contributed by atoms with E-state index in [4.69, 9.17) is 4.74 Å². The molecule has 0 saturated carbocycles. The van der Waals surface area contributed by atoms with Crippen LogP contribution >= 0.6 is 11.3 Å². The maximum atomic E-state index is 12.5. The lowest BCUT2D eigenvalue weighted by atomic mass is 10.1. The van der Waals surface area contributed by atoms with Gasteiger partial charge in [0.15, 0.2) is 0 Å². The molecule has 0 spiro atoms. The minimum absolute atomic E-state index is 0.174. The Morgan fingerprint density at radius 3 is 2.34 bits per heavy atom. The molecule has 160 valence electrons. The zero-order valence-corrected chi connectivity index (χ0v) is 18.9. The first-order valence-electron chi connectivity index (χ1n) is 9.67. The van der Waals surface area contributed by atoms with Gasteiger partial charge in [-0.15, -0.1) is 11.3 Å². The van der Waals surface area contributed by atoms with Crippen LogP contribution in [0.4, 0.5) is 4.79 Å². The summed E-state index contributed by atoms with van der Waals surface area (Å²) in [5.41, 5.74) is 0.965. The highest BCUT2D eigenvalue weighted by atomic mass is 32.2. The van der Waals surface area contributed by atoms with Gasteiger partial charge >= 0.3 is 6.03 Å². The van der Waals surface area contributed by atoms with E-state index >= 15 is 0 Å². The fourth-order valence-electron chi connectivity index (χ4n) is 2.80. The molecule has 9 heteroatoms. The quantitative estimate of drug-likeness (QED) is 0.590. The Kier molecular flexibility index (Phi) is 8.48. The van der Waals surface area contributed by atoms with Gasteiger partial charge in [0.05, 0.1) is 19.2 Å². The fraction of sp³-hybridized carbons (Fsp3) is 0.450. The summed E-state index contributed by atoms with van der Waals surface area (Å²) < 4.78 is 32.2. The van der Waals surface area contributed by atoms with Crippen molar-refractivity contribution in [2.24, 2.45) is 0 Å². The Bertz CT molecular complexity index is 891. The van der Waals surface area contributed by atoms with Crippen LogP contribution in [-0.4, -0.2) is 38.5 Å². The van der Waals surface area contributed by atoms with Crippen molar-refractivity contribution in [3.63, 3.8) is 0 Å². The van der Waals surface area contributed by atoms with Crippen molar-refractivity contribution in [3.8, 4) is 5.75 Å². The van der Waals surface area contributed by atoms with Crippen molar-refractivity contribution < 1.29 is 17.9 Å². The number of urea groups is 1. The molecule has 1 aromatic heterocycles. The second-order valence-corrected chi connectivity index (χ2v) is 9.69. The third-order valence-corrected chi connectivity index (χ3v) is 8.00. The first kappa shape index (κ1) is 23.2. The van der Waals surface area contributed by atoms with Gasteiger partial charge in [0, 0.05) is 18.0 Å². The first-order chi connectivity index (χ1) is 13.8. The number of nitrogens with one attached hydrogen (secondary N) is 2. The van der Waals surface area contributed by atoms with Gasteiger partial charge < -0.3 is 15.4 Å². The molecule has 2 amide bonds. The molecule has 0 aliphatic heterocycles. The van der Waals surface area contributed by atoms with Gasteiger partial charge in [-0.25, -0.2) is 13.2 Å². The largest absolute Gasteiger partial charge is 0.494 e. The van der Waals surface area contributed by atoms with Gasteiger partial charge in [0.2, 0.25) is 0 Å². The Balaban J connectivity index is 1.90. The second kappa shape index (κ2) is 10.6. The molecular formula is C20H29N3O4S2. The topological polar surface area (TPSA) is 87.7 Å². The van der Waals surface area contributed by atoms with Gasteiger partial charge in [-0.05, 0) is 43.7 Å². The van der Waals surface area contributed by atoms with Crippen molar-refractivity contribution in [1.29, 1.82) is 0 Å². The van der Waals surface area contributed by atoms with Crippen LogP contribution in [0.5, 0.6) is 5.75 Å². The third-order valence-electron chi connectivity index (χ3n) is 4.40. The highest BCUT2D eigenvalue weighted by Crippen LogP contribution is 2.25. The van der Waals surface area contributed by atoms with Crippen LogP contribution in [0.25, 0.3) is 0 Å². The van der Waals surface area contributed by atoms with Crippen molar-refractivity contribution in [2.75, 3.05) is 19.7 Å². The van der Waals surface area contributed by atoms with Crippen molar-refractivity contribution >= 4 is 27.4 Å². The summed E-state index contributed by atoms with van der Waals surface area (Å²) in [6.45, 7) is 9.18. The third kappa shape index (κ3) is 6.19. The van der Waals surface area contributed by atoms with Gasteiger partial charge in [0.25, 0.3) is 10.0 Å². The van der Waals surface area contributed by atoms with Crippen LogP contribution in [-0.2, 0) is 16.6 Å². The molecule has 0 fully saturated rings. The van der Waals surface area contributed by atoms with E-state index in [-0.39, 0.29) is 18.6 Å². The lowest BCUT2D eigenvalue weighted by molar-refractivity contribution is 0.237. The first-order valence-corrected chi connectivity index (χ1v) is 11.9. The van der Waals surface area contributed by atoms with Crippen LogP contribution in [0.3, 0.4) is 0 Å². The standard InChI is InChI=1S/C20H29N3O4S2/c1-5-23(6-2)29(25,26)19-13-12-18(28-19)14-21-20(24)22-15(4)16-8-10-17(11-9-16)27-7-3/h8-13,15H,5-7,14H2,1-4H3,(H2,21,22,24). The number of thiophene rings is 1. The molecular weight excluding hydrogens is 410 g/mol. The lowest BCUT2D eigenvalue weighted by Gasteiger charge is -2.17. The molecule has 1 heterocycles. The fourth-order valence-corrected chi connectivity index (χ4v) is 5.71. The van der Waals surface area contributed by atoms with Crippen molar-refractivity contribution in [1.82, 2.24) is 14.9 Å². The predicted molar refractivity (Wildman–Crippen MR) is 116 cm³/mol. The number of sulfonamides is 1. The zero-order valence-electron chi connectivity index (χ0n) is 17.3. The normalized spacial score (nSPS) is 12.6. The number of ether oxygens (including phenoxy) is 1. The van der Waals surface area contributed by atoms with E-state index in [0.717, 1.165) is 16.2 Å². The maximum Gasteiger partial charge on any atom is 0.315 e. The summed E-state index contributed by atoms with van der Waals surface area (Å²) >= 11 is 1.18. The number of amides is 2. The molecule has 1 atom stereocenters. The van der Waals surface area contributed by atoms with E-state index < -0.39 is 10.0 Å². The number of hydrogen-bond acceptors (Lipinski definition) is 5. The summed E-state index contributed by atoms with van der Waals surface area (Å²) in [6.07, 6.45) is 0. The number of hydrogen-bond donors (Lipinski definition) is 2. The average Bonchev–Trinajstić information content (AvgIpc) is 3.18. The minimum atomic E-state index is -3.47. The number of carbonyl (C=O) groups excluding carboxylic acids is 1. The summed E-state index contributed by atoms with van der Waals surface area (Å²) in [4.78, 5) is 13.0. The van der Waals surface area contributed by atoms with E-state index in [9.17, 15) is 13.2 Å². The Labute approximate surface area is 177 Å².